The largest absolute Gasteiger partial charge is 0.435 e. The summed E-state index contributed by atoms with van der Waals surface area (Å²) in [4.78, 5) is 32.4. The van der Waals surface area contributed by atoms with E-state index in [1.54, 1.807) is 12.1 Å². The molecule has 0 saturated carbocycles. The summed E-state index contributed by atoms with van der Waals surface area (Å²) in [5.74, 6) is 1.28. The summed E-state index contributed by atoms with van der Waals surface area (Å²) in [5, 5.41) is 0. The van der Waals surface area contributed by atoms with Crippen molar-refractivity contribution in [2.45, 2.75) is 51.7 Å². The SMILES string of the molecule is CCC(=O)N1C[C@H](CN2CCC3(CC2)CCN(Cc2ccc(OC(F)F)cc2)C3=O)[C@@H](c2ccccc2)C1. The van der Waals surface area contributed by atoms with Gasteiger partial charge in [-0.05, 0) is 61.5 Å². The molecule has 3 aliphatic rings. The molecule has 3 fully saturated rings. The summed E-state index contributed by atoms with van der Waals surface area (Å²) in [5.41, 5.74) is 1.91. The Morgan fingerprint density at radius 2 is 1.68 bits per heavy atom. The van der Waals surface area contributed by atoms with E-state index in [1.165, 1.54) is 17.7 Å². The van der Waals surface area contributed by atoms with Crippen LogP contribution in [0.5, 0.6) is 5.75 Å². The number of rotatable bonds is 8. The second-order valence-corrected chi connectivity index (χ2v) is 11.0. The summed E-state index contributed by atoms with van der Waals surface area (Å²) in [6.45, 7) is 4.58. The van der Waals surface area contributed by atoms with Crippen LogP contribution in [0.1, 0.15) is 49.7 Å². The maximum Gasteiger partial charge on any atom is 0.387 e. The Balaban J connectivity index is 1.17. The summed E-state index contributed by atoms with van der Waals surface area (Å²) in [6.07, 6.45) is 3.10. The Kier molecular flexibility index (Phi) is 7.98. The standard InChI is InChI=1S/C30H37F2N3O3/c1-2-27(36)35-20-24(26(21-35)23-6-4-3-5-7-23)19-33-15-12-30(13-16-33)14-17-34(28(30)37)18-22-8-10-25(11-9-22)38-29(31)32/h3-11,24,26,29H,2,12-21H2,1H3/t24-,26+/m0/s1. The van der Waals surface area contributed by atoms with Gasteiger partial charge in [-0.25, -0.2) is 0 Å². The third kappa shape index (κ3) is 5.70. The first-order valence-corrected chi connectivity index (χ1v) is 13.7. The number of nitrogens with zero attached hydrogens (tertiary/aromatic N) is 3. The summed E-state index contributed by atoms with van der Waals surface area (Å²) in [7, 11) is 0. The van der Waals surface area contributed by atoms with Crippen molar-refractivity contribution >= 4 is 11.8 Å². The number of hydrogen-bond acceptors (Lipinski definition) is 4. The van der Waals surface area contributed by atoms with Crippen molar-refractivity contribution in [2.24, 2.45) is 11.3 Å². The molecule has 0 unspecified atom stereocenters. The molecule has 3 aliphatic heterocycles. The summed E-state index contributed by atoms with van der Waals surface area (Å²) < 4.78 is 29.2. The van der Waals surface area contributed by atoms with Crippen LogP contribution in [0, 0.1) is 11.3 Å². The maximum atomic E-state index is 13.5. The van der Waals surface area contributed by atoms with Gasteiger partial charge in [-0.1, -0.05) is 49.4 Å². The monoisotopic (exact) mass is 525 g/mol. The van der Waals surface area contributed by atoms with Gasteiger partial charge in [0.1, 0.15) is 5.75 Å². The predicted molar refractivity (Wildman–Crippen MR) is 141 cm³/mol. The molecular formula is C30H37F2N3O3. The van der Waals surface area contributed by atoms with Gasteiger partial charge in [-0.15, -0.1) is 0 Å². The fourth-order valence-corrected chi connectivity index (χ4v) is 6.56. The zero-order valence-corrected chi connectivity index (χ0v) is 22.0. The highest BCUT2D eigenvalue weighted by Crippen LogP contribution is 2.43. The van der Waals surface area contributed by atoms with Crippen molar-refractivity contribution < 1.29 is 23.1 Å². The van der Waals surface area contributed by atoms with Crippen molar-refractivity contribution in [1.29, 1.82) is 0 Å². The number of likely N-dealkylation sites (tertiary alicyclic amines) is 3. The van der Waals surface area contributed by atoms with Gasteiger partial charge in [0.25, 0.3) is 0 Å². The summed E-state index contributed by atoms with van der Waals surface area (Å²) >= 11 is 0. The Morgan fingerprint density at radius 3 is 2.34 bits per heavy atom. The number of amides is 2. The Morgan fingerprint density at radius 1 is 1.00 bits per heavy atom. The molecule has 38 heavy (non-hydrogen) atoms. The van der Waals surface area contributed by atoms with E-state index in [9.17, 15) is 18.4 Å². The quantitative estimate of drug-likeness (QED) is 0.499. The highest BCUT2D eigenvalue weighted by molar-refractivity contribution is 5.85. The van der Waals surface area contributed by atoms with Crippen LogP contribution in [-0.4, -0.2) is 72.4 Å². The van der Waals surface area contributed by atoms with Crippen LogP contribution in [0.3, 0.4) is 0 Å². The molecule has 2 amide bonds. The lowest BCUT2D eigenvalue weighted by atomic mass is 9.76. The Hall–Kier alpha value is -3.00. The Bertz CT molecular complexity index is 1100. The van der Waals surface area contributed by atoms with Crippen molar-refractivity contribution in [2.75, 3.05) is 39.3 Å². The first-order valence-electron chi connectivity index (χ1n) is 13.7. The van der Waals surface area contributed by atoms with Crippen molar-refractivity contribution in [3.63, 3.8) is 0 Å². The number of hydrogen-bond donors (Lipinski definition) is 0. The van der Waals surface area contributed by atoms with Crippen LogP contribution < -0.4 is 4.74 Å². The zero-order chi connectivity index (χ0) is 26.7. The highest BCUT2D eigenvalue weighted by Gasteiger charge is 2.48. The smallest absolute Gasteiger partial charge is 0.387 e. The maximum absolute atomic E-state index is 13.5. The molecule has 3 heterocycles. The molecule has 8 heteroatoms. The second kappa shape index (κ2) is 11.4. The van der Waals surface area contributed by atoms with E-state index in [2.05, 4.69) is 33.9 Å². The number of alkyl halides is 2. The third-order valence-electron chi connectivity index (χ3n) is 8.75. The molecule has 0 radical (unpaired) electrons. The molecule has 0 aromatic heterocycles. The topological polar surface area (TPSA) is 53.1 Å². The molecule has 0 bridgehead atoms. The number of benzene rings is 2. The lowest BCUT2D eigenvalue weighted by Gasteiger charge is -2.39. The third-order valence-corrected chi connectivity index (χ3v) is 8.75. The minimum atomic E-state index is -2.85. The number of carbonyl (C=O) groups excluding carboxylic acids is 2. The highest BCUT2D eigenvalue weighted by atomic mass is 19.3. The van der Waals surface area contributed by atoms with Gasteiger partial charge in [0, 0.05) is 45.1 Å². The lowest BCUT2D eigenvalue weighted by molar-refractivity contribution is -0.139. The van der Waals surface area contributed by atoms with Gasteiger partial charge in [-0.2, -0.15) is 8.78 Å². The molecular weight excluding hydrogens is 488 g/mol. The van der Waals surface area contributed by atoms with Crippen LogP contribution in [0.15, 0.2) is 54.6 Å². The molecule has 6 nitrogen and oxygen atoms in total. The van der Waals surface area contributed by atoms with E-state index in [-0.39, 0.29) is 23.0 Å². The van der Waals surface area contributed by atoms with Gasteiger partial charge in [0.05, 0.1) is 5.41 Å². The molecule has 204 valence electrons. The average Bonchev–Trinajstić information content (AvgIpc) is 3.48. The Labute approximate surface area is 223 Å². The van der Waals surface area contributed by atoms with Gasteiger partial charge >= 0.3 is 6.61 Å². The van der Waals surface area contributed by atoms with Crippen LogP contribution in [0.25, 0.3) is 0 Å². The van der Waals surface area contributed by atoms with Crippen LogP contribution in [0.2, 0.25) is 0 Å². The minimum absolute atomic E-state index is 0.124. The fourth-order valence-electron chi connectivity index (χ4n) is 6.56. The minimum Gasteiger partial charge on any atom is -0.435 e. The van der Waals surface area contributed by atoms with E-state index < -0.39 is 6.61 Å². The van der Waals surface area contributed by atoms with Crippen LogP contribution in [-0.2, 0) is 16.1 Å². The molecule has 3 saturated heterocycles. The first-order chi connectivity index (χ1) is 18.4. The molecule has 2 aromatic rings. The van der Waals surface area contributed by atoms with Crippen LogP contribution >= 0.6 is 0 Å². The predicted octanol–water partition coefficient (Wildman–Crippen LogP) is 4.75. The number of carbonyl (C=O) groups is 2. The number of halogens is 2. The van der Waals surface area contributed by atoms with E-state index >= 15 is 0 Å². The number of ether oxygens (including phenoxy) is 1. The van der Waals surface area contributed by atoms with Gasteiger partial charge in [0.2, 0.25) is 11.8 Å². The molecule has 5 rings (SSSR count). The molecule has 0 N–H and O–H groups in total. The number of piperidine rings is 1. The molecule has 0 aliphatic carbocycles. The molecule has 2 aromatic carbocycles. The van der Waals surface area contributed by atoms with Crippen molar-refractivity contribution in [3.05, 3.63) is 65.7 Å². The first kappa shape index (κ1) is 26.6. The second-order valence-electron chi connectivity index (χ2n) is 11.0. The van der Waals surface area contributed by atoms with Gasteiger partial charge in [0.15, 0.2) is 0 Å². The van der Waals surface area contributed by atoms with E-state index in [0.717, 1.165) is 64.1 Å². The van der Waals surface area contributed by atoms with E-state index in [4.69, 9.17) is 0 Å². The summed E-state index contributed by atoms with van der Waals surface area (Å²) in [6, 6.07) is 17.1. The average molecular weight is 526 g/mol. The molecule has 1 spiro atoms. The van der Waals surface area contributed by atoms with E-state index in [1.807, 2.05) is 22.8 Å². The van der Waals surface area contributed by atoms with Gasteiger partial charge in [-0.3, -0.25) is 9.59 Å². The zero-order valence-electron chi connectivity index (χ0n) is 22.0. The van der Waals surface area contributed by atoms with Gasteiger partial charge < -0.3 is 19.4 Å². The fraction of sp³-hybridized carbons (Fsp3) is 0.533. The normalized spacial score (nSPS) is 23.5. The molecule has 2 atom stereocenters. The van der Waals surface area contributed by atoms with E-state index in [0.29, 0.717) is 24.8 Å². The lowest BCUT2D eigenvalue weighted by Crippen LogP contribution is -2.46. The van der Waals surface area contributed by atoms with Crippen LogP contribution in [0.4, 0.5) is 8.78 Å². The van der Waals surface area contributed by atoms with Crippen molar-refractivity contribution in [3.8, 4) is 5.75 Å². The van der Waals surface area contributed by atoms with Crippen molar-refractivity contribution in [1.82, 2.24) is 14.7 Å².